The molecule has 1 unspecified atom stereocenters. The van der Waals surface area contributed by atoms with E-state index in [9.17, 15) is 0 Å². The van der Waals surface area contributed by atoms with Gasteiger partial charge in [-0.2, -0.15) is 0 Å². The zero-order valence-electron chi connectivity index (χ0n) is 12.3. The molecule has 1 atom stereocenters. The Hall–Kier alpha value is -1.10. The number of aryl methyl sites for hydroxylation is 1. The maximum absolute atomic E-state index is 5.71. The topological polar surface area (TPSA) is 41.7 Å². The van der Waals surface area contributed by atoms with Gasteiger partial charge >= 0.3 is 0 Å². The minimum atomic E-state index is 0.201. The summed E-state index contributed by atoms with van der Waals surface area (Å²) in [6, 6.07) is 6.94. The van der Waals surface area contributed by atoms with E-state index in [1.807, 2.05) is 0 Å². The average molecular weight is 275 g/mol. The molecule has 0 amide bonds. The van der Waals surface area contributed by atoms with E-state index in [-0.39, 0.29) is 6.10 Å². The monoisotopic (exact) mass is 275 g/mol. The van der Waals surface area contributed by atoms with Crippen LogP contribution < -0.4 is 10.6 Å². The zero-order valence-corrected chi connectivity index (χ0v) is 12.3. The van der Waals surface area contributed by atoms with Crippen LogP contribution in [0.5, 0.6) is 0 Å². The van der Waals surface area contributed by atoms with Crippen molar-refractivity contribution in [2.24, 2.45) is 5.73 Å². The fraction of sp³-hybridized carbons (Fsp3) is 0.625. The number of nitrogens with two attached hydrogens (primary N) is 1. The fourth-order valence-electron chi connectivity index (χ4n) is 3.26. The van der Waals surface area contributed by atoms with Crippen LogP contribution in [-0.4, -0.2) is 50.8 Å². The Morgan fingerprint density at radius 3 is 3.10 bits per heavy atom. The van der Waals surface area contributed by atoms with Gasteiger partial charge in [-0.05, 0) is 30.0 Å². The van der Waals surface area contributed by atoms with Crippen molar-refractivity contribution in [2.75, 3.05) is 44.7 Å². The summed E-state index contributed by atoms with van der Waals surface area (Å²) < 4.78 is 5.63. The lowest BCUT2D eigenvalue weighted by atomic mass is 9.99. The van der Waals surface area contributed by atoms with Gasteiger partial charge in [-0.3, -0.25) is 4.90 Å². The van der Waals surface area contributed by atoms with Gasteiger partial charge in [-0.1, -0.05) is 12.1 Å². The Morgan fingerprint density at radius 2 is 2.25 bits per heavy atom. The van der Waals surface area contributed by atoms with Gasteiger partial charge in [0, 0.05) is 45.5 Å². The van der Waals surface area contributed by atoms with Crippen molar-refractivity contribution < 1.29 is 4.74 Å². The van der Waals surface area contributed by atoms with Crippen molar-refractivity contribution >= 4 is 5.69 Å². The predicted molar refractivity (Wildman–Crippen MR) is 82.1 cm³/mol. The number of benzene rings is 1. The molecule has 20 heavy (non-hydrogen) atoms. The molecule has 1 aromatic carbocycles. The van der Waals surface area contributed by atoms with E-state index >= 15 is 0 Å². The van der Waals surface area contributed by atoms with E-state index in [1.54, 1.807) is 0 Å². The van der Waals surface area contributed by atoms with Gasteiger partial charge in [-0.25, -0.2) is 0 Å². The highest BCUT2D eigenvalue weighted by Gasteiger charge is 2.20. The van der Waals surface area contributed by atoms with Crippen molar-refractivity contribution in [3.05, 3.63) is 29.3 Å². The Bertz CT molecular complexity index is 463. The number of hydrogen-bond acceptors (Lipinski definition) is 4. The van der Waals surface area contributed by atoms with Crippen LogP contribution in [0.3, 0.4) is 0 Å². The zero-order chi connectivity index (χ0) is 13.9. The van der Waals surface area contributed by atoms with E-state index in [0.29, 0.717) is 6.54 Å². The minimum absolute atomic E-state index is 0.201. The molecule has 4 nitrogen and oxygen atoms in total. The van der Waals surface area contributed by atoms with Gasteiger partial charge in [0.2, 0.25) is 0 Å². The van der Waals surface area contributed by atoms with E-state index in [2.05, 4.69) is 35.0 Å². The van der Waals surface area contributed by atoms with Gasteiger partial charge < -0.3 is 15.4 Å². The molecule has 110 valence electrons. The highest BCUT2D eigenvalue weighted by Crippen LogP contribution is 2.27. The summed E-state index contributed by atoms with van der Waals surface area (Å²) >= 11 is 0. The van der Waals surface area contributed by atoms with E-state index in [0.717, 1.165) is 26.2 Å². The molecule has 2 aliphatic heterocycles. The van der Waals surface area contributed by atoms with Crippen LogP contribution in [0.25, 0.3) is 0 Å². The SMILES string of the molecule is CN1CCCc2cc(CN3CCOC(CN)C3)ccc21. The minimum Gasteiger partial charge on any atom is -0.374 e. The first-order valence-electron chi connectivity index (χ1n) is 7.63. The maximum Gasteiger partial charge on any atom is 0.0824 e. The summed E-state index contributed by atoms with van der Waals surface area (Å²) in [5, 5.41) is 0. The summed E-state index contributed by atoms with van der Waals surface area (Å²) in [7, 11) is 2.19. The smallest absolute Gasteiger partial charge is 0.0824 e. The standard InChI is InChI=1S/C16H25N3O/c1-18-6-2-3-14-9-13(4-5-16(14)18)11-19-7-8-20-15(10-17)12-19/h4-5,9,15H,2-3,6-8,10-12,17H2,1H3. The molecule has 2 aliphatic rings. The number of anilines is 1. The lowest BCUT2D eigenvalue weighted by Gasteiger charge is -2.33. The van der Waals surface area contributed by atoms with Crippen LogP contribution in [0, 0.1) is 0 Å². The Balaban J connectivity index is 1.68. The molecular weight excluding hydrogens is 250 g/mol. The molecule has 0 radical (unpaired) electrons. The molecule has 3 rings (SSSR count). The molecule has 0 aromatic heterocycles. The normalized spacial score (nSPS) is 23.7. The molecule has 1 fully saturated rings. The number of fused-ring (bicyclic) bond motifs is 1. The van der Waals surface area contributed by atoms with Crippen molar-refractivity contribution in [1.82, 2.24) is 4.90 Å². The number of nitrogens with zero attached hydrogens (tertiary/aromatic N) is 2. The van der Waals surface area contributed by atoms with Crippen LogP contribution in [0.2, 0.25) is 0 Å². The molecule has 2 heterocycles. The molecule has 0 spiro atoms. The second kappa shape index (κ2) is 6.12. The largest absolute Gasteiger partial charge is 0.374 e. The molecule has 0 saturated carbocycles. The van der Waals surface area contributed by atoms with Gasteiger partial charge in [0.25, 0.3) is 0 Å². The first-order chi connectivity index (χ1) is 9.76. The first kappa shape index (κ1) is 13.9. The molecular formula is C16H25N3O. The Labute approximate surface area is 121 Å². The van der Waals surface area contributed by atoms with Crippen LogP contribution >= 0.6 is 0 Å². The summed E-state index contributed by atoms with van der Waals surface area (Å²) in [5.74, 6) is 0. The molecule has 1 aromatic rings. The molecule has 0 bridgehead atoms. The fourth-order valence-corrected chi connectivity index (χ4v) is 3.26. The third kappa shape index (κ3) is 2.97. The highest BCUT2D eigenvalue weighted by molar-refractivity contribution is 5.56. The average Bonchev–Trinajstić information content (AvgIpc) is 2.47. The molecule has 0 aliphatic carbocycles. The Morgan fingerprint density at radius 1 is 1.35 bits per heavy atom. The number of ether oxygens (including phenoxy) is 1. The first-order valence-corrected chi connectivity index (χ1v) is 7.63. The summed E-state index contributed by atoms with van der Waals surface area (Å²) in [6.07, 6.45) is 2.68. The van der Waals surface area contributed by atoms with Crippen LogP contribution in [0.15, 0.2) is 18.2 Å². The van der Waals surface area contributed by atoms with E-state index < -0.39 is 0 Å². The van der Waals surface area contributed by atoms with E-state index in [1.165, 1.54) is 36.2 Å². The number of hydrogen-bond donors (Lipinski definition) is 1. The van der Waals surface area contributed by atoms with Crippen LogP contribution in [0.4, 0.5) is 5.69 Å². The van der Waals surface area contributed by atoms with Crippen molar-refractivity contribution in [3.63, 3.8) is 0 Å². The third-order valence-corrected chi connectivity index (χ3v) is 4.39. The highest BCUT2D eigenvalue weighted by atomic mass is 16.5. The van der Waals surface area contributed by atoms with Crippen LogP contribution in [-0.2, 0) is 17.7 Å². The summed E-state index contributed by atoms with van der Waals surface area (Å²) in [4.78, 5) is 4.82. The van der Waals surface area contributed by atoms with Crippen molar-refractivity contribution in [3.8, 4) is 0 Å². The van der Waals surface area contributed by atoms with Crippen LogP contribution in [0.1, 0.15) is 17.5 Å². The second-order valence-corrected chi connectivity index (χ2v) is 5.95. The van der Waals surface area contributed by atoms with Gasteiger partial charge in [0.1, 0.15) is 0 Å². The third-order valence-electron chi connectivity index (χ3n) is 4.39. The van der Waals surface area contributed by atoms with E-state index in [4.69, 9.17) is 10.5 Å². The van der Waals surface area contributed by atoms with Gasteiger partial charge in [0.15, 0.2) is 0 Å². The molecule has 4 heteroatoms. The summed E-state index contributed by atoms with van der Waals surface area (Å²) in [6.45, 7) is 5.56. The van der Waals surface area contributed by atoms with Gasteiger partial charge in [0.05, 0.1) is 12.7 Å². The molecule has 1 saturated heterocycles. The second-order valence-electron chi connectivity index (χ2n) is 5.95. The number of rotatable bonds is 3. The van der Waals surface area contributed by atoms with Crippen molar-refractivity contribution in [1.29, 1.82) is 0 Å². The quantitative estimate of drug-likeness (QED) is 0.901. The lowest BCUT2D eigenvalue weighted by Crippen LogP contribution is -2.45. The number of morpholine rings is 1. The Kier molecular flexibility index (Phi) is 4.24. The lowest BCUT2D eigenvalue weighted by molar-refractivity contribution is -0.0260. The molecule has 2 N–H and O–H groups in total. The van der Waals surface area contributed by atoms with Crippen molar-refractivity contribution in [2.45, 2.75) is 25.5 Å². The summed E-state index contributed by atoms with van der Waals surface area (Å²) in [5.41, 5.74) is 10.0. The van der Waals surface area contributed by atoms with Gasteiger partial charge in [-0.15, -0.1) is 0 Å². The maximum atomic E-state index is 5.71. The predicted octanol–water partition coefficient (Wildman–Crippen LogP) is 1.23.